The van der Waals surface area contributed by atoms with Gasteiger partial charge >= 0.3 is 5.97 Å². The molecule has 0 saturated carbocycles. The molecule has 1 aromatic heterocycles. The predicted molar refractivity (Wildman–Crippen MR) is 62.8 cm³/mol. The summed E-state index contributed by atoms with van der Waals surface area (Å²) < 4.78 is 0. The molecule has 0 aromatic carbocycles. The Morgan fingerprint density at radius 3 is 3.00 bits per heavy atom. The van der Waals surface area contributed by atoms with Crippen LogP contribution in [0.5, 0.6) is 0 Å². The Hall–Kier alpha value is -1.43. The first-order chi connectivity index (χ1) is 8.18. The topological polar surface area (TPSA) is 70.5 Å². The van der Waals surface area contributed by atoms with Crippen LogP contribution in [0.3, 0.4) is 0 Å². The average Bonchev–Trinajstić information content (AvgIpc) is 2.79. The van der Waals surface area contributed by atoms with Crippen LogP contribution >= 0.6 is 11.3 Å². The van der Waals surface area contributed by atoms with Crippen LogP contribution in [-0.2, 0) is 16.0 Å². The number of carboxylic acids is 1. The molecule has 0 radical (unpaired) electrons. The van der Waals surface area contributed by atoms with Crippen molar-refractivity contribution in [3.8, 4) is 0 Å². The van der Waals surface area contributed by atoms with E-state index >= 15 is 0 Å². The maximum Gasteiger partial charge on any atom is 0.326 e. The number of aliphatic carboxylic acids is 1. The molecule has 2 rings (SSSR count). The molecule has 1 fully saturated rings. The Bertz CT molecular complexity index is 405. The highest BCUT2D eigenvalue weighted by atomic mass is 32.1. The molecule has 1 N–H and O–H groups in total. The SMILES string of the molecule is O=C(O)C(Cc1cscn1)N1CCCCC1=O. The van der Waals surface area contributed by atoms with Gasteiger partial charge in [-0.2, -0.15) is 0 Å². The summed E-state index contributed by atoms with van der Waals surface area (Å²) in [4.78, 5) is 28.5. The highest BCUT2D eigenvalue weighted by Gasteiger charge is 2.31. The van der Waals surface area contributed by atoms with Gasteiger partial charge < -0.3 is 10.0 Å². The Labute approximate surface area is 103 Å². The van der Waals surface area contributed by atoms with E-state index in [1.807, 2.05) is 5.38 Å². The quantitative estimate of drug-likeness (QED) is 0.875. The van der Waals surface area contributed by atoms with Crippen LogP contribution in [0.4, 0.5) is 0 Å². The van der Waals surface area contributed by atoms with E-state index in [2.05, 4.69) is 4.98 Å². The fourth-order valence-electron chi connectivity index (χ4n) is 2.02. The van der Waals surface area contributed by atoms with Crippen LogP contribution in [0.1, 0.15) is 25.0 Å². The van der Waals surface area contributed by atoms with Crippen LogP contribution < -0.4 is 0 Å². The fourth-order valence-corrected chi connectivity index (χ4v) is 2.59. The molecule has 6 heteroatoms. The first-order valence-electron chi connectivity index (χ1n) is 5.58. The molecule has 92 valence electrons. The molecule has 17 heavy (non-hydrogen) atoms. The molecule has 1 unspecified atom stereocenters. The number of likely N-dealkylation sites (tertiary alicyclic amines) is 1. The van der Waals surface area contributed by atoms with Crippen molar-refractivity contribution in [1.29, 1.82) is 0 Å². The molecule has 1 saturated heterocycles. The summed E-state index contributed by atoms with van der Waals surface area (Å²) in [6.07, 6.45) is 2.50. The van der Waals surface area contributed by atoms with Crippen molar-refractivity contribution in [2.45, 2.75) is 31.7 Å². The van der Waals surface area contributed by atoms with Crippen molar-refractivity contribution in [1.82, 2.24) is 9.88 Å². The average molecular weight is 254 g/mol. The van der Waals surface area contributed by atoms with Crippen molar-refractivity contribution < 1.29 is 14.7 Å². The minimum Gasteiger partial charge on any atom is -0.480 e. The third-order valence-electron chi connectivity index (χ3n) is 2.91. The Kier molecular flexibility index (Phi) is 3.73. The molecule has 1 aromatic rings. The third-order valence-corrected chi connectivity index (χ3v) is 3.54. The van der Waals surface area contributed by atoms with E-state index in [0.29, 0.717) is 19.4 Å². The Morgan fingerprint density at radius 2 is 2.41 bits per heavy atom. The Balaban J connectivity index is 2.11. The standard InChI is InChI=1S/C11H14N2O3S/c14-10-3-1-2-4-13(10)9(11(15)16)5-8-6-17-7-12-8/h6-7,9H,1-5H2,(H,15,16). The highest BCUT2D eigenvalue weighted by molar-refractivity contribution is 7.07. The summed E-state index contributed by atoms with van der Waals surface area (Å²) in [7, 11) is 0. The number of rotatable bonds is 4. The normalized spacial score (nSPS) is 18.1. The number of hydrogen-bond acceptors (Lipinski definition) is 4. The van der Waals surface area contributed by atoms with Gasteiger partial charge in [0.15, 0.2) is 0 Å². The molecular weight excluding hydrogens is 240 g/mol. The molecule has 1 atom stereocenters. The lowest BCUT2D eigenvalue weighted by Crippen LogP contribution is -2.48. The summed E-state index contributed by atoms with van der Waals surface area (Å²) >= 11 is 1.43. The van der Waals surface area contributed by atoms with Gasteiger partial charge in [0.2, 0.25) is 5.91 Å². The molecule has 5 nitrogen and oxygen atoms in total. The van der Waals surface area contributed by atoms with E-state index in [4.69, 9.17) is 0 Å². The zero-order chi connectivity index (χ0) is 12.3. The van der Waals surface area contributed by atoms with E-state index < -0.39 is 12.0 Å². The zero-order valence-corrected chi connectivity index (χ0v) is 10.2. The highest BCUT2D eigenvalue weighted by Crippen LogP contribution is 2.17. The number of hydrogen-bond donors (Lipinski definition) is 1. The van der Waals surface area contributed by atoms with E-state index in [1.165, 1.54) is 16.2 Å². The lowest BCUT2D eigenvalue weighted by atomic mass is 10.0. The van der Waals surface area contributed by atoms with Crippen LogP contribution in [0.15, 0.2) is 10.9 Å². The first kappa shape index (κ1) is 12.0. The van der Waals surface area contributed by atoms with Gasteiger partial charge in [0, 0.05) is 24.8 Å². The van der Waals surface area contributed by atoms with Crippen molar-refractivity contribution in [3.63, 3.8) is 0 Å². The first-order valence-corrected chi connectivity index (χ1v) is 6.52. The number of carbonyl (C=O) groups is 2. The molecule has 1 aliphatic heterocycles. The van der Waals surface area contributed by atoms with E-state index in [1.54, 1.807) is 5.51 Å². The maximum atomic E-state index is 11.7. The number of amides is 1. The number of carbonyl (C=O) groups excluding carboxylic acids is 1. The molecule has 0 bridgehead atoms. The van der Waals surface area contributed by atoms with Gasteiger partial charge in [-0.05, 0) is 12.8 Å². The van der Waals surface area contributed by atoms with Crippen molar-refractivity contribution in [3.05, 3.63) is 16.6 Å². The summed E-state index contributed by atoms with van der Waals surface area (Å²) in [6.45, 7) is 0.542. The van der Waals surface area contributed by atoms with E-state index in [0.717, 1.165) is 18.5 Å². The molecule has 1 aliphatic rings. The summed E-state index contributed by atoms with van der Waals surface area (Å²) in [5.41, 5.74) is 2.41. The second-order valence-corrected chi connectivity index (χ2v) is 4.80. The smallest absolute Gasteiger partial charge is 0.326 e. The van der Waals surface area contributed by atoms with Crippen molar-refractivity contribution in [2.75, 3.05) is 6.54 Å². The molecule has 2 heterocycles. The van der Waals surface area contributed by atoms with Gasteiger partial charge in [0.05, 0.1) is 11.2 Å². The predicted octanol–water partition coefficient (Wildman–Crippen LogP) is 1.15. The second-order valence-electron chi connectivity index (χ2n) is 4.08. The number of thiazole rings is 1. The third kappa shape index (κ3) is 2.82. The minimum atomic E-state index is -0.951. The minimum absolute atomic E-state index is 0.0566. The second kappa shape index (κ2) is 5.27. The number of piperidine rings is 1. The lowest BCUT2D eigenvalue weighted by Gasteiger charge is -2.31. The van der Waals surface area contributed by atoms with Gasteiger partial charge in [-0.15, -0.1) is 11.3 Å². The summed E-state index contributed by atoms with van der Waals surface area (Å²) in [5, 5.41) is 11.0. The fraction of sp³-hybridized carbons (Fsp3) is 0.545. The van der Waals surface area contributed by atoms with Crippen molar-refractivity contribution in [2.24, 2.45) is 0 Å². The molecule has 0 spiro atoms. The van der Waals surface area contributed by atoms with Gasteiger partial charge in [0.1, 0.15) is 6.04 Å². The lowest BCUT2D eigenvalue weighted by molar-refractivity contribution is -0.151. The van der Waals surface area contributed by atoms with Crippen molar-refractivity contribution >= 4 is 23.2 Å². The number of carboxylic acid groups (broad SMARTS) is 1. The summed E-state index contributed by atoms with van der Waals surface area (Å²) in [6, 6.07) is -0.773. The van der Waals surface area contributed by atoms with Crippen LogP contribution in [0, 0.1) is 0 Å². The maximum absolute atomic E-state index is 11.7. The van der Waals surface area contributed by atoms with Crippen LogP contribution in [-0.4, -0.2) is 39.5 Å². The molecule has 0 aliphatic carbocycles. The number of aromatic nitrogens is 1. The molecule has 1 amide bonds. The van der Waals surface area contributed by atoms with Gasteiger partial charge in [0.25, 0.3) is 0 Å². The van der Waals surface area contributed by atoms with E-state index in [-0.39, 0.29) is 5.91 Å². The molecular formula is C11H14N2O3S. The summed E-state index contributed by atoms with van der Waals surface area (Å²) in [5.74, 6) is -1.01. The monoisotopic (exact) mass is 254 g/mol. The number of nitrogens with zero attached hydrogens (tertiary/aromatic N) is 2. The Morgan fingerprint density at radius 1 is 1.59 bits per heavy atom. The van der Waals surface area contributed by atoms with Gasteiger partial charge in [-0.1, -0.05) is 0 Å². The van der Waals surface area contributed by atoms with Gasteiger partial charge in [-0.3, -0.25) is 4.79 Å². The zero-order valence-electron chi connectivity index (χ0n) is 9.33. The van der Waals surface area contributed by atoms with Crippen LogP contribution in [0.2, 0.25) is 0 Å². The van der Waals surface area contributed by atoms with E-state index in [9.17, 15) is 14.7 Å². The van der Waals surface area contributed by atoms with Gasteiger partial charge in [-0.25, -0.2) is 9.78 Å². The largest absolute Gasteiger partial charge is 0.480 e. The van der Waals surface area contributed by atoms with Crippen LogP contribution in [0.25, 0.3) is 0 Å².